The number of carbonyl (C=O) groups is 3. The number of carbonyl (C=O) groups excluding carboxylic acids is 2. The zero-order valence-corrected chi connectivity index (χ0v) is 18.2. The maximum absolute atomic E-state index is 12.4. The first-order chi connectivity index (χ1) is 16.5. The molecule has 0 bridgehead atoms. The van der Waals surface area contributed by atoms with E-state index in [0.29, 0.717) is 6.42 Å². The molecule has 1 aromatic heterocycles. The van der Waals surface area contributed by atoms with E-state index in [4.69, 9.17) is 14.4 Å². The number of amides is 2. The Balaban J connectivity index is 1.14. The minimum absolute atomic E-state index is 0.0445. The van der Waals surface area contributed by atoms with Gasteiger partial charge in [-0.25, -0.2) is 4.79 Å². The summed E-state index contributed by atoms with van der Waals surface area (Å²) in [5.74, 6) is -1.80. The first kappa shape index (κ1) is 21.7. The highest BCUT2D eigenvalue weighted by molar-refractivity contribution is 5.95. The summed E-state index contributed by atoms with van der Waals surface area (Å²) in [6.07, 6.45) is 1.12. The molecule has 2 aliphatic rings. The molecule has 0 unspecified atom stereocenters. The van der Waals surface area contributed by atoms with Gasteiger partial charge in [-0.05, 0) is 34.6 Å². The van der Waals surface area contributed by atoms with Gasteiger partial charge < -0.3 is 25.0 Å². The standard InChI is InChI=1S/C25H23N3O6/c29-23(26-10-14-9-19(14)24(30)31)21-13-34-28-22(21)11-27-25(32)33-12-20-17-7-3-1-5-15(17)16-6-2-4-8-18(16)20/h1-8,13-14,19-20H,9-12H2,(H,26,29)(H,27,32)(H,30,31)/t14-,19-/m0/s1. The largest absolute Gasteiger partial charge is 0.481 e. The molecular weight excluding hydrogens is 438 g/mol. The fourth-order valence-electron chi connectivity index (χ4n) is 4.47. The smallest absolute Gasteiger partial charge is 0.407 e. The molecule has 3 aromatic rings. The van der Waals surface area contributed by atoms with E-state index in [0.717, 1.165) is 22.3 Å². The van der Waals surface area contributed by atoms with E-state index in [1.807, 2.05) is 36.4 Å². The number of hydrogen-bond donors (Lipinski definition) is 3. The molecule has 0 aliphatic heterocycles. The second-order valence-corrected chi connectivity index (χ2v) is 8.50. The second-order valence-electron chi connectivity index (χ2n) is 8.50. The van der Waals surface area contributed by atoms with Gasteiger partial charge in [-0.2, -0.15) is 0 Å². The molecule has 9 heteroatoms. The van der Waals surface area contributed by atoms with Crippen molar-refractivity contribution in [1.82, 2.24) is 15.8 Å². The van der Waals surface area contributed by atoms with Crippen molar-refractivity contribution in [2.75, 3.05) is 13.2 Å². The molecule has 174 valence electrons. The Hall–Kier alpha value is -4.14. The summed E-state index contributed by atoms with van der Waals surface area (Å²) in [5, 5.41) is 18.1. The van der Waals surface area contributed by atoms with Crippen LogP contribution in [0.1, 0.15) is 39.5 Å². The molecule has 34 heavy (non-hydrogen) atoms. The van der Waals surface area contributed by atoms with Crippen molar-refractivity contribution in [3.05, 3.63) is 77.2 Å². The molecule has 2 aliphatic carbocycles. The van der Waals surface area contributed by atoms with Gasteiger partial charge in [0, 0.05) is 12.5 Å². The first-order valence-electron chi connectivity index (χ1n) is 11.1. The fourth-order valence-corrected chi connectivity index (χ4v) is 4.47. The summed E-state index contributed by atoms with van der Waals surface area (Å²) in [6.45, 7) is 0.398. The lowest BCUT2D eigenvalue weighted by Gasteiger charge is -2.14. The van der Waals surface area contributed by atoms with E-state index in [1.54, 1.807) is 0 Å². The predicted molar refractivity (Wildman–Crippen MR) is 120 cm³/mol. The van der Waals surface area contributed by atoms with Crippen LogP contribution in [0.15, 0.2) is 59.3 Å². The summed E-state index contributed by atoms with van der Waals surface area (Å²) < 4.78 is 10.4. The number of carboxylic acid groups (broad SMARTS) is 1. The van der Waals surface area contributed by atoms with E-state index in [1.165, 1.54) is 6.26 Å². The number of hydrogen-bond acceptors (Lipinski definition) is 6. The molecule has 2 atom stereocenters. The van der Waals surface area contributed by atoms with Crippen molar-refractivity contribution in [2.45, 2.75) is 18.9 Å². The quantitative estimate of drug-likeness (QED) is 0.470. The van der Waals surface area contributed by atoms with E-state index in [9.17, 15) is 14.4 Å². The molecule has 1 fully saturated rings. The lowest BCUT2D eigenvalue weighted by atomic mass is 9.98. The number of ether oxygens (including phenoxy) is 1. The minimum Gasteiger partial charge on any atom is -0.481 e. The van der Waals surface area contributed by atoms with E-state index in [-0.39, 0.29) is 42.8 Å². The van der Waals surface area contributed by atoms with Crippen LogP contribution in [0.2, 0.25) is 0 Å². The first-order valence-corrected chi connectivity index (χ1v) is 11.1. The maximum Gasteiger partial charge on any atom is 0.407 e. The molecule has 1 heterocycles. The van der Waals surface area contributed by atoms with E-state index >= 15 is 0 Å². The highest BCUT2D eigenvalue weighted by atomic mass is 16.5. The van der Waals surface area contributed by atoms with Crippen molar-refractivity contribution in [2.24, 2.45) is 11.8 Å². The number of aromatic nitrogens is 1. The lowest BCUT2D eigenvalue weighted by Crippen LogP contribution is -2.29. The average molecular weight is 461 g/mol. The molecular formula is C25H23N3O6. The van der Waals surface area contributed by atoms with Crippen LogP contribution in [0, 0.1) is 11.8 Å². The SMILES string of the molecule is O=C(NCc1nocc1C(=O)NC[C@@H]1C[C@@H]1C(=O)O)OCC1c2ccccc2-c2ccccc21. The molecule has 5 rings (SSSR count). The van der Waals surface area contributed by atoms with Gasteiger partial charge in [0.1, 0.15) is 24.1 Å². The van der Waals surface area contributed by atoms with Crippen LogP contribution in [0.25, 0.3) is 11.1 Å². The Morgan fingerprint density at radius 1 is 1.03 bits per heavy atom. The highest BCUT2D eigenvalue weighted by Gasteiger charge is 2.43. The van der Waals surface area contributed by atoms with Gasteiger partial charge in [0.2, 0.25) is 0 Å². The lowest BCUT2D eigenvalue weighted by molar-refractivity contribution is -0.138. The summed E-state index contributed by atoms with van der Waals surface area (Å²) in [5.41, 5.74) is 4.97. The topological polar surface area (TPSA) is 131 Å². The predicted octanol–water partition coefficient (Wildman–Crippen LogP) is 3.16. The molecule has 2 amide bonds. The molecule has 0 radical (unpaired) electrons. The van der Waals surface area contributed by atoms with Gasteiger partial charge in [0.25, 0.3) is 5.91 Å². The van der Waals surface area contributed by atoms with Crippen molar-refractivity contribution in [1.29, 1.82) is 0 Å². The maximum atomic E-state index is 12.4. The van der Waals surface area contributed by atoms with Crippen molar-refractivity contribution >= 4 is 18.0 Å². The van der Waals surface area contributed by atoms with Crippen molar-refractivity contribution < 1.29 is 28.8 Å². The zero-order valence-electron chi connectivity index (χ0n) is 18.2. The number of fused-ring (bicyclic) bond motifs is 3. The van der Waals surface area contributed by atoms with Crippen LogP contribution >= 0.6 is 0 Å². The zero-order chi connectivity index (χ0) is 23.7. The van der Waals surface area contributed by atoms with Gasteiger partial charge in [-0.3, -0.25) is 9.59 Å². The second kappa shape index (κ2) is 9.01. The molecule has 2 aromatic carbocycles. The fraction of sp³-hybridized carbons (Fsp3) is 0.280. The minimum atomic E-state index is -0.850. The van der Waals surface area contributed by atoms with Crippen molar-refractivity contribution in [3.63, 3.8) is 0 Å². The third-order valence-corrected chi connectivity index (χ3v) is 6.40. The van der Waals surface area contributed by atoms with Crippen LogP contribution in [0.4, 0.5) is 4.79 Å². The number of aliphatic carboxylic acids is 1. The normalized spacial score (nSPS) is 18.0. The van der Waals surface area contributed by atoms with Gasteiger partial charge in [-0.1, -0.05) is 53.7 Å². The number of carboxylic acids is 1. The monoisotopic (exact) mass is 461 g/mol. The Bertz CT molecular complexity index is 1210. The number of benzene rings is 2. The van der Waals surface area contributed by atoms with E-state index < -0.39 is 23.9 Å². The Morgan fingerprint density at radius 2 is 1.71 bits per heavy atom. The molecule has 3 N–H and O–H groups in total. The van der Waals surface area contributed by atoms with Gasteiger partial charge in [0.15, 0.2) is 0 Å². The third-order valence-electron chi connectivity index (χ3n) is 6.40. The summed E-state index contributed by atoms with van der Waals surface area (Å²) in [6, 6.07) is 16.1. The highest BCUT2D eigenvalue weighted by Crippen LogP contribution is 2.44. The van der Waals surface area contributed by atoms with Gasteiger partial charge in [-0.15, -0.1) is 0 Å². The van der Waals surface area contributed by atoms with Crippen LogP contribution in [0.3, 0.4) is 0 Å². The van der Waals surface area contributed by atoms with Crippen LogP contribution in [-0.2, 0) is 16.1 Å². The van der Waals surface area contributed by atoms with Crippen LogP contribution in [0.5, 0.6) is 0 Å². The summed E-state index contributed by atoms with van der Waals surface area (Å²) >= 11 is 0. The molecule has 9 nitrogen and oxygen atoms in total. The molecule has 0 spiro atoms. The molecule has 1 saturated carbocycles. The Labute approximate surface area is 195 Å². The average Bonchev–Trinajstić information content (AvgIpc) is 3.36. The molecule has 0 saturated heterocycles. The van der Waals surface area contributed by atoms with E-state index in [2.05, 4.69) is 27.9 Å². The Kier molecular flexibility index (Phi) is 5.75. The summed E-state index contributed by atoms with van der Waals surface area (Å²) in [7, 11) is 0. The van der Waals surface area contributed by atoms with Gasteiger partial charge >= 0.3 is 12.1 Å². The summed E-state index contributed by atoms with van der Waals surface area (Å²) in [4.78, 5) is 35.7. The number of alkyl carbamates (subject to hydrolysis) is 1. The number of nitrogens with one attached hydrogen (secondary N) is 2. The van der Waals surface area contributed by atoms with Crippen LogP contribution in [-0.4, -0.2) is 41.4 Å². The number of rotatable bonds is 8. The third kappa shape index (κ3) is 4.24. The Morgan fingerprint density at radius 3 is 2.35 bits per heavy atom. The number of nitrogens with zero attached hydrogens (tertiary/aromatic N) is 1. The van der Waals surface area contributed by atoms with Gasteiger partial charge in [0.05, 0.1) is 12.5 Å². The van der Waals surface area contributed by atoms with Crippen LogP contribution < -0.4 is 10.6 Å². The van der Waals surface area contributed by atoms with Crippen molar-refractivity contribution in [3.8, 4) is 11.1 Å².